The number of halogens is 2. The maximum absolute atomic E-state index is 13.4. The highest BCUT2D eigenvalue weighted by atomic mass is 35.5. The Bertz CT molecular complexity index is 538. The minimum Gasteiger partial charge on any atom is -0.464 e. The highest BCUT2D eigenvalue weighted by molar-refractivity contribution is 6.31. The molecule has 0 aromatic heterocycles. The van der Waals surface area contributed by atoms with Crippen molar-refractivity contribution in [2.24, 2.45) is 0 Å². The van der Waals surface area contributed by atoms with Crippen LogP contribution in [0.4, 0.5) is 10.1 Å². The third-order valence-corrected chi connectivity index (χ3v) is 2.74. The Labute approximate surface area is 117 Å². The zero-order valence-corrected chi connectivity index (χ0v) is 11.0. The van der Waals surface area contributed by atoms with Gasteiger partial charge in [0.15, 0.2) is 6.10 Å². The van der Waals surface area contributed by atoms with Crippen molar-refractivity contribution >= 4 is 23.3 Å². The number of esters is 1. The Morgan fingerprint density at radius 1 is 1.55 bits per heavy atom. The summed E-state index contributed by atoms with van der Waals surface area (Å²) in [4.78, 5) is 20.8. The number of nitrogens with zero attached hydrogens (tertiary/aromatic N) is 1. The molecule has 0 heterocycles. The first-order chi connectivity index (χ1) is 9.29. The number of aliphatic hydroxyl groups is 2. The molecule has 2 unspecified atom stereocenters. The van der Waals surface area contributed by atoms with Crippen LogP contribution in [0.25, 0.3) is 0 Å². The molecular formula is C11H11ClFNO6. The summed E-state index contributed by atoms with van der Waals surface area (Å²) in [6.07, 6.45) is -3.84. The van der Waals surface area contributed by atoms with E-state index >= 15 is 0 Å². The molecule has 1 aromatic carbocycles. The van der Waals surface area contributed by atoms with E-state index in [1.165, 1.54) is 6.92 Å². The number of carbonyl (C=O) groups excluding carboxylic acids is 1. The first-order valence-corrected chi connectivity index (χ1v) is 5.83. The lowest BCUT2D eigenvalue weighted by atomic mass is 10.0. The van der Waals surface area contributed by atoms with E-state index in [1.54, 1.807) is 0 Å². The smallest absolute Gasteiger partial charge is 0.338 e. The van der Waals surface area contributed by atoms with Gasteiger partial charge in [0.2, 0.25) is 5.82 Å². The summed E-state index contributed by atoms with van der Waals surface area (Å²) >= 11 is 5.67. The van der Waals surface area contributed by atoms with Gasteiger partial charge in [-0.15, -0.1) is 0 Å². The van der Waals surface area contributed by atoms with E-state index in [-0.39, 0.29) is 17.2 Å². The van der Waals surface area contributed by atoms with Crippen LogP contribution < -0.4 is 0 Å². The molecule has 0 aliphatic rings. The predicted molar refractivity (Wildman–Crippen MR) is 65.7 cm³/mol. The fraction of sp³-hybridized carbons (Fsp3) is 0.364. The summed E-state index contributed by atoms with van der Waals surface area (Å²) in [6, 6.07) is 1.28. The van der Waals surface area contributed by atoms with Gasteiger partial charge in [-0.1, -0.05) is 11.6 Å². The number of hydrogen-bond donors (Lipinski definition) is 2. The van der Waals surface area contributed by atoms with Gasteiger partial charge in [0.05, 0.1) is 16.6 Å². The number of nitro benzene ring substituents is 1. The third kappa shape index (κ3) is 3.41. The van der Waals surface area contributed by atoms with Crippen LogP contribution in [0.5, 0.6) is 0 Å². The van der Waals surface area contributed by atoms with Crippen molar-refractivity contribution in [2.75, 3.05) is 6.61 Å². The molecule has 0 saturated carbocycles. The molecule has 0 aliphatic heterocycles. The molecule has 7 nitrogen and oxygen atoms in total. The number of carbonyl (C=O) groups is 1. The quantitative estimate of drug-likeness (QED) is 0.482. The highest BCUT2D eigenvalue weighted by Gasteiger charge is 2.30. The van der Waals surface area contributed by atoms with Gasteiger partial charge in [0.1, 0.15) is 6.10 Å². The van der Waals surface area contributed by atoms with E-state index in [1.807, 2.05) is 0 Å². The summed E-state index contributed by atoms with van der Waals surface area (Å²) in [6.45, 7) is 1.47. The van der Waals surface area contributed by atoms with Crippen LogP contribution in [0.1, 0.15) is 18.6 Å². The number of benzene rings is 1. The monoisotopic (exact) mass is 307 g/mol. The van der Waals surface area contributed by atoms with E-state index in [0.717, 1.165) is 0 Å². The second kappa shape index (κ2) is 6.60. The molecule has 2 N–H and O–H groups in total. The first-order valence-electron chi connectivity index (χ1n) is 5.45. The van der Waals surface area contributed by atoms with Crippen LogP contribution in [0, 0.1) is 15.9 Å². The average molecular weight is 308 g/mol. The molecule has 0 saturated heterocycles. The Morgan fingerprint density at radius 3 is 2.65 bits per heavy atom. The number of ether oxygens (including phenoxy) is 1. The molecule has 2 atom stereocenters. The van der Waals surface area contributed by atoms with Crippen molar-refractivity contribution in [3.63, 3.8) is 0 Å². The number of hydrogen-bond acceptors (Lipinski definition) is 6. The van der Waals surface area contributed by atoms with Gasteiger partial charge < -0.3 is 14.9 Å². The number of aliphatic hydroxyl groups excluding tert-OH is 2. The van der Waals surface area contributed by atoms with E-state index in [4.69, 9.17) is 11.6 Å². The average Bonchev–Trinajstić information content (AvgIpc) is 2.39. The van der Waals surface area contributed by atoms with Gasteiger partial charge in [0, 0.05) is 11.6 Å². The van der Waals surface area contributed by atoms with Gasteiger partial charge in [-0.05, 0) is 13.0 Å². The van der Waals surface area contributed by atoms with Gasteiger partial charge in [-0.2, -0.15) is 4.39 Å². The SMILES string of the molecule is CCOC(=O)C(O)C(O)c1cc(F)c([N+](=O)[O-])cc1Cl. The lowest BCUT2D eigenvalue weighted by Crippen LogP contribution is -2.30. The molecule has 0 radical (unpaired) electrons. The molecular weight excluding hydrogens is 297 g/mol. The second-order valence-electron chi connectivity index (χ2n) is 3.72. The van der Waals surface area contributed by atoms with Crippen molar-refractivity contribution in [3.8, 4) is 0 Å². The highest BCUT2D eigenvalue weighted by Crippen LogP contribution is 2.31. The van der Waals surface area contributed by atoms with Crippen LogP contribution in [-0.2, 0) is 9.53 Å². The van der Waals surface area contributed by atoms with Gasteiger partial charge in [-0.25, -0.2) is 4.79 Å². The fourth-order valence-electron chi connectivity index (χ4n) is 1.44. The lowest BCUT2D eigenvalue weighted by molar-refractivity contribution is -0.387. The van der Waals surface area contributed by atoms with Gasteiger partial charge in [-0.3, -0.25) is 10.1 Å². The first kappa shape index (κ1) is 16.3. The Balaban J connectivity index is 3.11. The van der Waals surface area contributed by atoms with Gasteiger partial charge in [0.25, 0.3) is 0 Å². The summed E-state index contributed by atoms with van der Waals surface area (Å²) < 4.78 is 17.9. The maximum Gasteiger partial charge on any atom is 0.338 e. The number of nitro groups is 1. The van der Waals surface area contributed by atoms with Crippen LogP contribution in [0.3, 0.4) is 0 Å². The second-order valence-corrected chi connectivity index (χ2v) is 4.13. The minimum atomic E-state index is -1.98. The van der Waals surface area contributed by atoms with Crippen molar-refractivity contribution in [1.82, 2.24) is 0 Å². The molecule has 0 amide bonds. The van der Waals surface area contributed by atoms with E-state index in [0.29, 0.717) is 12.1 Å². The van der Waals surface area contributed by atoms with Crippen molar-refractivity contribution in [3.05, 3.63) is 38.7 Å². The molecule has 20 heavy (non-hydrogen) atoms. The van der Waals surface area contributed by atoms with E-state index < -0.39 is 34.6 Å². The molecule has 0 bridgehead atoms. The normalized spacial score (nSPS) is 13.7. The Morgan fingerprint density at radius 2 is 2.15 bits per heavy atom. The molecule has 0 fully saturated rings. The Kier molecular flexibility index (Phi) is 5.37. The minimum absolute atomic E-state index is 0.0228. The molecule has 110 valence electrons. The van der Waals surface area contributed by atoms with Crippen molar-refractivity contribution in [1.29, 1.82) is 0 Å². The summed E-state index contributed by atoms with van der Waals surface area (Å²) in [5, 5.41) is 29.4. The predicted octanol–water partition coefficient (Wildman–Crippen LogP) is 1.34. The van der Waals surface area contributed by atoms with Crippen LogP contribution >= 0.6 is 11.6 Å². The fourth-order valence-corrected chi connectivity index (χ4v) is 1.71. The lowest BCUT2D eigenvalue weighted by Gasteiger charge is -2.17. The van der Waals surface area contributed by atoms with Crippen LogP contribution in [0.15, 0.2) is 12.1 Å². The molecule has 1 rings (SSSR count). The zero-order chi connectivity index (χ0) is 15.4. The molecule has 9 heteroatoms. The number of rotatable bonds is 5. The largest absolute Gasteiger partial charge is 0.464 e. The standard InChI is InChI=1S/C11H11ClFNO6/c1-2-20-11(17)10(16)9(15)5-3-7(13)8(14(18)19)4-6(5)12/h3-4,9-10,15-16H,2H2,1H3. The third-order valence-electron chi connectivity index (χ3n) is 2.41. The summed E-state index contributed by atoms with van der Waals surface area (Å²) in [5.74, 6) is -2.36. The van der Waals surface area contributed by atoms with E-state index in [9.17, 15) is 29.5 Å². The van der Waals surface area contributed by atoms with Crippen LogP contribution in [-0.4, -0.2) is 33.8 Å². The van der Waals surface area contributed by atoms with Crippen LogP contribution in [0.2, 0.25) is 5.02 Å². The van der Waals surface area contributed by atoms with Gasteiger partial charge >= 0.3 is 11.7 Å². The van der Waals surface area contributed by atoms with E-state index in [2.05, 4.69) is 4.74 Å². The van der Waals surface area contributed by atoms with Crippen molar-refractivity contribution in [2.45, 2.75) is 19.1 Å². The van der Waals surface area contributed by atoms with Crippen molar-refractivity contribution < 1.29 is 29.1 Å². The summed E-state index contributed by atoms with van der Waals surface area (Å²) in [7, 11) is 0. The molecule has 0 aliphatic carbocycles. The summed E-state index contributed by atoms with van der Waals surface area (Å²) in [5.41, 5.74) is -1.23. The zero-order valence-electron chi connectivity index (χ0n) is 10.2. The maximum atomic E-state index is 13.4. The molecule has 1 aromatic rings. The molecule has 0 spiro atoms. The topological polar surface area (TPSA) is 110 Å². The Hall–Kier alpha value is -1.77.